The maximum atomic E-state index is 12.9. The van der Waals surface area contributed by atoms with E-state index in [2.05, 4.69) is 21.2 Å². The second-order valence-electron chi connectivity index (χ2n) is 4.58. The van der Waals surface area contributed by atoms with Gasteiger partial charge in [0.05, 0.1) is 12.2 Å². The van der Waals surface area contributed by atoms with Gasteiger partial charge in [0, 0.05) is 31.1 Å². The molecule has 2 N–H and O–H groups in total. The van der Waals surface area contributed by atoms with E-state index in [0.717, 1.165) is 5.56 Å². The fourth-order valence-corrected chi connectivity index (χ4v) is 2.16. The Labute approximate surface area is 115 Å². The second-order valence-corrected chi connectivity index (χ2v) is 5.43. The summed E-state index contributed by atoms with van der Waals surface area (Å²) in [6.07, 6.45) is 0.452. The predicted octanol–water partition coefficient (Wildman–Crippen LogP) is 2.12. The molecule has 102 valence electrons. The van der Waals surface area contributed by atoms with Crippen LogP contribution in [0.25, 0.3) is 0 Å². The Hall–Kier alpha value is -0.490. The van der Waals surface area contributed by atoms with Gasteiger partial charge in [0.15, 0.2) is 0 Å². The van der Waals surface area contributed by atoms with Crippen molar-refractivity contribution in [1.82, 2.24) is 5.32 Å². The first-order valence-electron chi connectivity index (χ1n) is 5.80. The summed E-state index contributed by atoms with van der Waals surface area (Å²) in [5.41, 5.74) is 0.00334. The van der Waals surface area contributed by atoms with Gasteiger partial charge in [-0.05, 0) is 24.6 Å². The quantitative estimate of drug-likeness (QED) is 0.756. The second kappa shape index (κ2) is 7.19. The Balaban J connectivity index is 2.53. The van der Waals surface area contributed by atoms with E-state index in [4.69, 9.17) is 4.74 Å². The Kier molecular flexibility index (Phi) is 6.21. The topological polar surface area (TPSA) is 41.5 Å². The van der Waals surface area contributed by atoms with Crippen LogP contribution >= 0.6 is 15.9 Å². The maximum Gasteiger partial charge on any atom is 0.124 e. The van der Waals surface area contributed by atoms with Gasteiger partial charge in [0.2, 0.25) is 0 Å². The van der Waals surface area contributed by atoms with Gasteiger partial charge in [-0.1, -0.05) is 22.0 Å². The number of methoxy groups -OCH3 is 1. The molecule has 1 aromatic carbocycles. The third-order valence-corrected chi connectivity index (χ3v) is 3.31. The molecule has 1 atom stereocenters. The molecular formula is C13H19BrFNO2. The summed E-state index contributed by atoms with van der Waals surface area (Å²) in [6.45, 7) is 3.51. The Bertz CT molecular complexity index is 385. The molecule has 0 bridgehead atoms. The highest BCUT2D eigenvalue weighted by Crippen LogP contribution is 2.22. The molecule has 18 heavy (non-hydrogen) atoms. The smallest absolute Gasteiger partial charge is 0.124 e. The highest BCUT2D eigenvalue weighted by atomic mass is 79.9. The third kappa shape index (κ3) is 5.44. The van der Waals surface area contributed by atoms with E-state index >= 15 is 0 Å². The van der Waals surface area contributed by atoms with Gasteiger partial charge in [-0.15, -0.1) is 0 Å². The fourth-order valence-electron chi connectivity index (χ4n) is 1.67. The average molecular weight is 320 g/mol. The lowest BCUT2D eigenvalue weighted by Gasteiger charge is -2.24. The van der Waals surface area contributed by atoms with Crippen LogP contribution in [0, 0.1) is 5.82 Å². The number of aliphatic hydroxyl groups is 1. The molecule has 0 heterocycles. The van der Waals surface area contributed by atoms with Crippen LogP contribution < -0.4 is 5.32 Å². The largest absolute Gasteiger partial charge is 0.389 e. The molecule has 5 heteroatoms. The summed E-state index contributed by atoms with van der Waals surface area (Å²) in [4.78, 5) is 0. The van der Waals surface area contributed by atoms with Crippen LogP contribution in [0.5, 0.6) is 0 Å². The summed E-state index contributed by atoms with van der Waals surface area (Å²) < 4.78 is 18.5. The molecule has 0 spiro atoms. The number of nitrogens with one attached hydrogen (secondary N) is 1. The summed E-state index contributed by atoms with van der Waals surface area (Å²) in [6, 6.07) is 4.49. The Morgan fingerprint density at radius 1 is 1.50 bits per heavy atom. The lowest BCUT2D eigenvalue weighted by Crippen LogP contribution is -2.40. The lowest BCUT2D eigenvalue weighted by molar-refractivity contribution is 0.0579. The SMILES string of the molecule is COCCNCC(C)(O)Cc1ccc(F)cc1Br. The van der Waals surface area contributed by atoms with Crippen LogP contribution in [0.1, 0.15) is 12.5 Å². The minimum Gasteiger partial charge on any atom is -0.389 e. The maximum absolute atomic E-state index is 12.9. The predicted molar refractivity (Wildman–Crippen MR) is 73.2 cm³/mol. The van der Waals surface area contributed by atoms with E-state index in [-0.39, 0.29) is 5.82 Å². The first kappa shape index (κ1) is 15.6. The molecule has 0 aliphatic rings. The van der Waals surface area contributed by atoms with Crippen molar-refractivity contribution in [3.05, 3.63) is 34.1 Å². The summed E-state index contributed by atoms with van der Waals surface area (Å²) in [5, 5.41) is 13.4. The number of rotatable bonds is 7. The molecule has 0 aliphatic heterocycles. The summed E-state index contributed by atoms with van der Waals surface area (Å²) in [7, 11) is 1.63. The minimum atomic E-state index is -0.881. The summed E-state index contributed by atoms with van der Waals surface area (Å²) >= 11 is 3.30. The highest BCUT2D eigenvalue weighted by molar-refractivity contribution is 9.10. The first-order chi connectivity index (χ1) is 8.44. The minimum absolute atomic E-state index is 0.288. The van der Waals surface area contributed by atoms with Crippen LogP contribution in [0.15, 0.2) is 22.7 Å². The van der Waals surface area contributed by atoms with E-state index in [1.165, 1.54) is 12.1 Å². The molecule has 0 saturated heterocycles. The average Bonchev–Trinajstić information content (AvgIpc) is 2.28. The van der Waals surface area contributed by atoms with Crippen LogP contribution in [0.4, 0.5) is 4.39 Å². The monoisotopic (exact) mass is 319 g/mol. The fraction of sp³-hybridized carbons (Fsp3) is 0.538. The first-order valence-corrected chi connectivity index (χ1v) is 6.60. The van der Waals surface area contributed by atoms with Crippen molar-refractivity contribution in [1.29, 1.82) is 0 Å². The number of halogens is 2. The van der Waals surface area contributed by atoms with Crippen molar-refractivity contribution in [2.45, 2.75) is 18.9 Å². The summed E-state index contributed by atoms with van der Waals surface area (Å²) in [5.74, 6) is -0.288. The van der Waals surface area contributed by atoms with Crippen molar-refractivity contribution in [2.75, 3.05) is 26.8 Å². The van der Waals surface area contributed by atoms with Crippen molar-refractivity contribution in [3.63, 3.8) is 0 Å². The number of ether oxygens (including phenoxy) is 1. The molecule has 1 rings (SSSR count). The molecule has 3 nitrogen and oxygen atoms in total. The number of hydrogen-bond donors (Lipinski definition) is 2. The molecule has 0 fully saturated rings. The zero-order chi connectivity index (χ0) is 13.6. The molecule has 0 aromatic heterocycles. The number of hydrogen-bond acceptors (Lipinski definition) is 3. The van der Waals surface area contributed by atoms with Gasteiger partial charge in [-0.3, -0.25) is 0 Å². The Morgan fingerprint density at radius 3 is 2.83 bits per heavy atom. The standard InChI is InChI=1S/C13H19BrFNO2/c1-13(17,9-16-5-6-18-2)8-10-3-4-11(15)7-12(10)14/h3-4,7,16-17H,5-6,8-9H2,1-2H3. The van der Waals surface area contributed by atoms with Crippen LogP contribution in [0.2, 0.25) is 0 Å². The van der Waals surface area contributed by atoms with Gasteiger partial charge in [0.25, 0.3) is 0 Å². The third-order valence-electron chi connectivity index (χ3n) is 2.58. The van der Waals surface area contributed by atoms with Crippen molar-refractivity contribution >= 4 is 15.9 Å². The van der Waals surface area contributed by atoms with E-state index in [0.29, 0.717) is 30.6 Å². The molecule has 1 unspecified atom stereocenters. The van der Waals surface area contributed by atoms with Gasteiger partial charge in [-0.25, -0.2) is 4.39 Å². The zero-order valence-electron chi connectivity index (χ0n) is 10.7. The van der Waals surface area contributed by atoms with Gasteiger partial charge < -0.3 is 15.2 Å². The normalized spacial score (nSPS) is 14.5. The van der Waals surface area contributed by atoms with Gasteiger partial charge in [0.1, 0.15) is 5.82 Å². The number of benzene rings is 1. The molecule has 1 aromatic rings. The molecule has 0 saturated carbocycles. The van der Waals surface area contributed by atoms with Crippen LogP contribution in [0.3, 0.4) is 0 Å². The molecule has 0 radical (unpaired) electrons. The highest BCUT2D eigenvalue weighted by Gasteiger charge is 2.21. The van der Waals surface area contributed by atoms with E-state index in [1.54, 1.807) is 20.1 Å². The van der Waals surface area contributed by atoms with Crippen molar-refractivity contribution in [2.24, 2.45) is 0 Å². The van der Waals surface area contributed by atoms with Gasteiger partial charge >= 0.3 is 0 Å². The van der Waals surface area contributed by atoms with E-state index in [9.17, 15) is 9.50 Å². The molecular weight excluding hydrogens is 301 g/mol. The molecule has 0 aliphatic carbocycles. The lowest BCUT2D eigenvalue weighted by atomic mass is 9.96. The van der Waals surface area contributed by atoms with Crippen molar-refractivity contribution in [3.8, 4) is 0 Å². The van der Waals surface area contributed by atoms with Crippen LogP contribution in [-0.2, 0) is 11.2 Å². The Morgan fingerprint density at radius 2 is 2.22 bits per heavy atom. The molecule has 0 amide bonds. The van der Waals surface area contributed by atoms with Crippen LogP contribution in [-0.4, -0.2) is 37.5 Å². The van der Waals surface area contributed by atoms with Crippen molar-refractivity contribution < 1.29 is 14.2 Å². The zero-order valence-corrected chi connectivity index (χ0v) is 12.3. The van der Waals surface area contributed by atoms with Gasteiger partial charge in [-0.2, -0.15) is 0 Å². The van der Waals surface area contributed by atoms with E-state index < -0.39 is 5.60 Å². The van der Waals surface area contributed by atoms with E-state index in [1.807, 2.05) is 0 Å².